The number of carboxylic acids is 1. The third-order valence-electron chi connectivity index (χ3n) is 3.29. The average Bonchev–Trinajstić information content (AvgIpc) is 2.53. The molecule has 21 heavy (non-hydrogen) atoms. The number of carboxylic acid groups (broad SMARTS) is 1. The van der Waals surface area contributed by atoms with Gasteiger partial charge in [-0.2, -0.15) is 0 Å². The molecule has 0 bridgehead atoms. The lowest BCUT2D eigenvalue weighted by molar-refractivity contribution is 0.0697. The molecule has 0 radical (unpaired) electrons. The Balaban J connectivity index is 2.30. The Hall–Kier alpha value is -2.75. The van der Waals surface area contributed by atoms with E-state index in [1.807, 2.05) is 35.3 Å². The number of hydrogen-bond acceptors (Lipinski definition) is 3. The van der Waals surface area contributed by atoms with Crippen molar-refractivity contribution < 1.29 is 9.90 Å². The summed E-state index contributed by atoms with van der Waals surface area (Å²) in [5.74, 6) is -0.930. The fourth-order valence-electron chi connectivity index (χ4n) is 2.15. The minimum absolute atomic E-state index is 0.0693. The Morgan fingerprint density at radius 2 is 1.81 bits per heavy atom. The summed E-state index contributed by atoms with van der Waals surface area (Å²) in [5, 5.41) is 10.9. The predicted molar refractivity (Wildman–Crippen MR) is 84.1 cm³/mol. The van der Waals surface area contributed by atoms with Crippen molar-refractivity contribution >= 4 is 11.7 Å². The van der Waals surface area contributed by atoms with Crippen LogP contribution in [0.4, 0.5) is 5.69 Å². The Bertz CT molecular complexity index is 608. The Kier molecular flexibility index (Phi) is 4.61. The zero-order valence-electron chi connectivity index (χ0n) is 11.9. The summed E-state index contributed by atoms with van der Waals surface area (Å²) in [6.07, 6.45) is 1.60. The molecule has 2 aromatic carbocycles. The zero-order chi connectivity index (χ0) is 15.2. The first-order chi connectivity index (χ1) is 10.1. The van der Waals surface area contributed by atoms with E-state index in [4.69, 9.17) is 5.11 Å². The predicted octanol–water partition coefficient (Wildman–Crippen LogP) is 3.60. The largest absolute Gasteiger partial charge is 0.478 e. The third kappa shape index (κ3) is 3.42. The van der Waals surface area contributed by atoms with E-state index in [1.165, 1.54) is 0 Å². The topological polar surface area (TPSA) is 52.6 Å². The van der Waals surface area contributed by atoms with Gasteiger partial charge in [0, 0.05) is 6.20 Å². The first-order valence-corrected chi connectivity index (χ1v) is 6.68. The standard InChI is InChI=1S/C17H18N2O2/c1-3-18-19(13(2)14-7-5-4-6-8-14)16-11-9-15(10-12-16)17(20)21/h3-13,18H,1H2,2H3,(H,20,21). The van der Waals surface area contributed by atoms with E-state index in [0.29, 0.717) is 0 Å². The number of nitrogens with one attached hydrogen (secondary N) is 1. The van der Waals surface area contributed by atoms with Gasteiger partial charge >= 0.3 is 5.97 Å². The van der Waals surface area contributed by atoms with Crippen LogP contribution in [0.3, 0.4) is 0 Å². The molecule has 0 saturated heterocycles. The van der Waals surface area contributed by atoms with Gasteiger partial charge in [0.05, 0.1) is 17.3 Å². The number of anilines is 1. The number of aromatic carboxylic acids is 1. The molecule has 2 N–H and O–H groups in total. The monoisotopic (exact) mass is 282 g/mol. The summed E-state index contributed by atoms with van der Waals surface area (Å²) >= 11 is 0. The first kappa shape index (κ1) is 14.7. The van der Waals surface area contributed by atoms with E-state index < -0.39 is 5.97 Å². The Labute approximate surface area is 124 Å². The number of rotatable bonds is 6. The molecule has 0 aliphatic carbocycles. The molecule has 4 heteroatoms. The molecule has 2 rings (SSSR count). The van der Waals surface area contributed by atoms with Crippen molar-refractivity contribution in [2.24, 2.45) is 0 Å². The molecule has 0 saturated carbocycles. The van der Waals surface area contributed by atoms with Crippen LogP contribution in [-0.2, 0) is 0 Å². The molecular formula is C17H18N2O2. The van der Waals surface area contributed by atoms with Gasteiger partial charge in [-0.3, -0.25) is 5.01 Å². The van der Waals surface area contributed by atoms with Gasteiger partial charge < -0.3 is 10.5 Å². The lowest BCUT2D eigenvalue weighted by Gasteiger charge is -2.31. The van der Waals surface area contributed by atoms with Gasteiger partial charge in [-0.1, -0.05) is 36.9 Å². The van der Waals surface area contributed by atoms with Crippen molar-refractivity contribution in [3.8, 4) is 0 Å². The van der Waals surface area contributed by atoms with Gasteiger partial charge in [-0.25, -0.2) is 4.79 Å². The van der Waals surface area contributed by atoms with Crippen molar-refractivity contribution in [2.75, 3.05) is 5.01 Å². The molecule has 4 nitrogen and oxygen atoms in total. The maximum Gasteiger partial charge on any atom is 0.335 e. The van der Waals surface area contributed by atoms with E-state index in [0.717, 1.165) is 11.3 Å². The molecular weight excluding hydrogens is 264 g/mol. The first-order valence-electron chi connectivity index (χ1n) is 6.68. The SMILES string of the molecule is C=CNN(c1ccc(C(=O)O)cc1)C(C)c1ccccc1. The number of hydrazine groups is 1. The van der Waals surface area contributed by atoms with Crippen LogP contribution in [0.1, 0.15) is 28.9 Å². The van der Waals surface area contributed by atoms with Gasteiger partial charge in [-0.15, -0.1) is 0 Å². The molecule has 2 aromatic rings. The highest BCUT2D eigenvalue weighted by Crippen LogP contribution is 2.25. The van der Waals surface area contributed by atoms with Gasteiger partial charge in [-0.05, 0) is 36.8 Å². The molecule has 0 heterocycles. The fraction of sp³-hybridized carbons (Fsp3) is 0.118. The van der Waals surface area contributed by atoms with Gasteiger partial charge in [0.15, 0.2) is 0 Å². The lowest BCUT2D eigenvalue weighted by atomic mass is 10.1. The second-order valence-corrected chi connectivity index (χ2v) is 4.64. The van der Waals surface area contributed by atoms with E-state index in [1.54, 1.807) is 30.5 Å². The van der Waals surface area contributed by atoms with E-state index in [2.05, 4.69) is 18.9 Å². The van der Waals surface area contributed by atoms with Crippen LogP contribution >= 0.6 is 0 Å². The van der Waals surface area contributed by atoms with Gasteiger partial charge in [0.2, 0.25) is 0 Å². The van der Waals surface area contributed by atoms with Crippen LogP contribution < -0.4 is 10.4 Å². The minimum atomic E-state index is -0.930. The number of benzene rings is 2. The number of carbonyl (C=O) groups is 1. The molecule has 0 amide bonds. The molecule has 0 aliphatic heterocycles. The fourth-order valence-corrected chi connectivity index (χ4v) is 2.15. The van der Waals surface area contributed by atoms with Crippen LogP contribution in [0.15, 0.2) is 67.4 Å². The zero-order valence-corrected chi connectivity index (χ0v) is 11.9. The number of hydrogen-bond donors (Lipinski definition) is 2. The van der Waals surface area contributed by atoms with E-state index in [9.17, 15) is 4.79 Å². The second-order valence-electron chi connectivity index (χ2n) is 4.64. The van der Waals surface area contributed by atoms with Crippen LogP contribution in [0.25, 0.3) is 0 Å². The Morgan fingerprint density at radius 1 is 1.19 bits per heavy atom. The molecule has 1 atom stereocenters. The molecule has 0 aromatic heterocycles. The summed E-state index contributed by atoms with van der Waals surface area (Å²) in [7, 11) is 0. The maximum atomic E-state index is 10.9. The Morgan fingerprint density at radius 3 is 2.33 bits per heavy atom. The van der Waals surface area contributed by atoms with Gasteiger partial charge in [0.25, 0.3) is 0 Å². The number of nitrogens with zero attached hydrogens (tertiary/aromatic N) is 1. The van der Waals surface area contributed by atoms with Crippen molar-refractivity contribution in [2.45, 2.75) is 13.0 Å². The van der Waals surface area contributed by atoms with E-state index in [-0.39, 0.29) is 11.6 Å². The maximum absolute atomic E-state index is 10.9. The molecule has 0 spiro atoms. The molecule has 108 valence electrons. The normalized spacial score (nSPS) is 11.5. The van der Waals surface area contributed by atoms with Crippen LogP contribution in [0.2, 0.25) is 0 Å². The summed E-state index contributed by atoms with van der Waals surface area (Å²) in [5.41, 5.74) is 5.38. The summed E-state index contributed by atoms with van der Waals surface area (Å²) < 4.78 is 0. The quantitative estimate of drug-likeness (QED) is 0.795. The van der Waals surface area contributed by atoms with Crippen molar-refractivity contribution in [1.29, 1.82) is 0 Å². The lowest BCUT2D eigenvalue weighted by Crippen LogP contribution is -2.36. The van der Waals surface area contributed by atoms with E-state index >= 15 is 0 Å². The van der Waals surface area contributed by atoms with Crippen LogP contribution in [0, 0.1) is 0 Å². The summed E-state index contributed by atoms with van der Waals surface area (Å²) in [4.78, 5) is 10.9. The smallest absolute Gasteiger partial charge is 0.335 e. The highest BCUT2D eigenvalue weighted by atomic mass is 16.4. The second kappa shape index (κ2) is 6.61. The average molecular weight is 282 g/mol. The minimum Gasteiger partial charge on any atom is -0.478 e. The van der Waals surface area contributed by atoms with Crippen LogP contribution in [0.5, 0.6) is 0 Å². The summed E-state index contributed by atoms with van der Waals surface area (Å²) in [6, 6.07) is 16.9. The molecule has 1 unspecified atom stereocenters. The summed E-state index contributed by atoms with van der Waals surface area (Å²) in [6.45, 7) is 5.77. The molecule has 0 aliphatic rings. The third-order valence-corrected chi connectivity index (χ3v) is 3.29. The van der Waals surface area contributed by atoms with Crippen LogP contribution in [-0.4, -0.2) is 11.1 Å². The molecule has 0 fully saturated rings. The van der Waals surface area contributed by atoms with Crippen molar-refractivity contribution in [3.63, 3.8) is 0 Å². The highest BCUT2D eigenvalue weighted by Gasteiger charge is 2.15. The highest BCUT2D eigenvalue weighted by molar-refractivity contribution is 5.88. The van der Waals surface area contributed by atoms with Gasteiger partial charge in [0.1, 0.15) is 0 Å². The van der Waals surface area contributed by atoms with Crippen molar-refractivity contribution in [1.82, 2.24) is 5.43 Å². The van der Waals surface area contributed by atoms with Crippen molar-refractivity contribution in [3.05, 3.63) is 78.5 Å².